The fraction of sp³-hybridized carbons (Fsp3) is 0.0556. The number of carbonyl (C=O) groups excluding carboxylic acids is 1. The number of nitrogen functional groups attached to an aromatic ring is 1. The zero-order valence-corrected chi connectivity index (χ0v) is 16.2. The number of nitrogens with two attached hydrogens (primary N) is 1. The van der Waals surface area contributed by atoms with E-state index in [9.17, 15) is 4.79 Å². The van der Waals surface area contributed by atoms with Crippen LogP contribution in [0.25, 0.3) is 0 Å². The zero-order chi connectivity index (χ0) is 20.1. The third kappa shape index (κ3) is 4.54. The molecule has 0 fully saturated rings. The highest BCUT2D eigenvalue weighted by Gasteiger charge is 2.13. The molecule has 5 N–H and O–H groups in total. The van der Waals surface area contributed by atoms with Gasteiger partial charge in [-0.1, -0.05) is 23.2 Å². The molecule has 0 unspecified atom stereocenters. The number of hydrazine groups is 1. The molecule has 0 atom stereocenters. The molecular formula is C18H16Cl2N6O2. The van der Waals surface area contributed by atoms with E-state index in [4.69, 9.17) is 33.7 Å². The van der Waals surface area contributed by atoms with Gasteiger partial charge in [-0.05, 0) is 42.5 Å². The molecule has 28 heavy (non-hydrogen) atoms. The van der Waals surface area contributed by atoms with Crippen LogP contribution in [0.1, 0.15) is 10.4 Å². The predicted molar refractivity (Wildman–Crippen MR) is 110 cm³/mol. The maximum Gasteiger partial charge on any atom is 0.271 e. The summed E-state index contributed by atoms with van der Waals surface area (Å²) in [5, 5.41) is 3.74. The van der Waals surface area contributed by atoms with Gasteiger partial charge in [-0.25, -0.2) is 9.97 Å². The lowest BCUT2D eigenvalue weighted by atomic mass is 10.2. The second-order valence-electron chi connectivity index (χ2n) is 5.54. The minimum Gasteiger partial charge on any atom is -0.497 e. The number of ether oxygens (including phenoxy) is 1. The lowest BCUT2D eigenvalue weighted by Crippen LogP contribution is -2.30. The third-order valence-electron chi connectivity index (χ3n) is 3.71. The first kappa shape index (κ1) is 19.5. The van der Waals surface area contributed by atoms with E-state index in [-0.39, 0.29) is 22.1 Å². The van der Waals surface area contributed by atoms with Gasteiger partial charge >= 0.3 is 0 Å². The number of aromatic nitrogens is 2. The average molecular weight is 419 g/mol. The lowest BCUT2D eigenvalue weighted by Gasteiger charge is -2.13. The lowest BCUT2D eigenvalue weighted by molar-refractivity contribution is 0.0962. The van der Waals surface area contributed by atoms with E-state index >= 15 is 0 Å². The molecule has 10 heteroatoms. The maximum absolute atomic E-state index is 12.3. The summed E-state index contributed by atoms with van der Waals surface area (Å²) in [6.07, 6.45) is 1.31. The van der Waals surface area contributed by atoms with Crippen LogP contribution in [0.3, 0.4) is 0 Å². The molecule has 1 heterocycles. The number of amides is 1. The summed E-state index contributed by atoms with van der Waals surface area (Å²) in [6.45, 7) is 0. The van der Waals surface area contributed by atoms with E-state index in [0.29, 0.717) is 10.8 Å². The second-order valence-corrected chi connectivity index (χ2v) is 6.38. The average Bonchev–Trinajstić information content (AvgIpc) is 2.69. The monoisotopic (exact) mass is 418 g/mol. The summed E-state index contributed by atoms with van der Waals surface area (Å²) in [7, 11) is 1.59. The Morgan fingerprint density at radius 2 is 1.79 bits per heavy atom. The molecule has 3 aromatic rings. The minimum atomic E-state index is -0.468. The molecule has 0 aliphatic carbocycles. The number of hydrogen-bond acceptors (Lipinski definition) is 7. The molecule has 0 aliphatic heterocycles. The standard InChI is InChI=1S/C18H16Cl2N6O2/c1-28-12-5-3-11(4-6-12)24-16-15(21)17(23-9-22-16)25-26-18(27)13-7-2-10(19)8-14(13)20/h2-9H,21H2,1H3,(H,26,27)(H2,22,23,24,25). The van der Waals surface area contributed by atoms with Crippen molar-refractivity contribution in [2.24, 2.45) is 0 Å². The molecule has 0 aliphatic rings. The Morgan fingerprint density at radius 3 is 2.46 bits per heavy atom. The molecule has 1 amide bonds. The fourth-order valence-corrected chi connectivity index (χ4v) is 2.76. The molecule has 8 nitrogen and oxygen atoms in total. The SMILES string of the molecule is COc1ccc(Nc2ncnc(NNC(=O)c3ccc(Cl)cc3Cl)c2N)cc1. The maximum atomic E-state index is 12.3. The molecule has 0 radical (unpaired) electrons. The number of benzene rings is 2. The number of nitrogens with zero attached hydrogens (tertiary/aromatic N) is 2. The number of nitrogens with one attached hydrogen (secondary N) is 3. The summed E-state index contributed by atoms with van der Waals surface area (Å²) < 4.78 is 5.12. The highest BCUT2D eigenvalue weighted by Crippen LogP contribution is 2.26. The first-order valence-corrected chi connectivity index (χ1v) is 8.76. The van der Waals surface area contributed by atoms with Crippen LogP contribution in [0.15, 0.2) is 48.8 Å². The zero-order valence-electron chi connectivity index (χ0n) is 14.7. The summed E-state index contributed by atoms with van der Waals surface area (Å²) >= 11 is 11.9. The van der Waals surface area contributed by atoms with Crippen LogP contribution < -0.4 is 26.6 Å². The minimum absolute atomic E-state index is 0.223. The van der Waals surface area contributed by atoms with Gasteiger partial charge in [0.05, 0.1) is 17.7 Å². The molecule has 0 saturated carbocycles. The summed E-state index contributed by atoms with van der Waals surface area (Å²) in [5.41, 5.74) is 12.5. The number of halogens is 2. The number of rotatable bonds is 6. The highest BCUT2D eigenvalue weighted by molar-refractivity contribution is 6.36. The molecule has 3 rings (SSSR count). The Balaban J connectivity index is 1.70. The number of carbonyl (C=O) groups is 1. The van der Waals surface area contributed by atoms with Crippen LogP contribution in [0.2, 0.25) is 10.0 Å². The second kappa shape index (κ2) is 8.64. The highest BCUT2D eigenvalue weighted by atomic mass is 35.5. The van der Waals surface area contributed by atoms with E-state index < -0.39 is 5.91 Å². The van der Waals surface area contributed by atoms with Crippen molar-refractivity contribution in [3.8, 4) is 5.75 Å². The van der Waals surface area contributed by atoms with Gasteiger partial charge in [0.15, 0.2) is 11.6 Å². The van der Waals surface area contributed by atoms with Crippen molar-refractivity contribution >= 4 is 52.1 Å². The number of methoxy groups -OCH3 is 1. The normalized spacial score (nSPS) is 10.2. The van der Waals surface area contributed by atoms with Gasteiger partial charge in [0, 0.05) is 10.7 Å². The van der Waals surface area contributed by atoms with Crippen molar-refractivity contribution in [1.29, 1.82) is 0 Å². The van der Waals surface area contributed by atoms with Gasteiger partial charge in [0.1, 0.15) is 17.8 Å². The Labute approximate surface area is 171 Å². The Morgan fingerprint density at radius 1 is 1.07 bits per heavy atom. The summed E-state index contributed by atoms with van der Waals surface area (Å²) in [5.74, 6) is 0.863. The summed E-state index contributed by atoms with van der Waals surface area (Å²) in [6, 6.07) is 11.8. The van der Waals surface area contributed by atoms with E-state index in [1.54, 1.807) is 25.3 Å². The summed E-state index contributed by atoms with van der Waals surface area (Å²) in [4.78, 5) is 20.4. The Hall–Kier alpha value is -3.23. The van der Waals surface area contributed by atoms with Gasteiger partial charge in [-0.15, -0.1) is 0 Å². The Bertz CT molecular complexity index is 998. The van der Waals surface area contributed by atoms with Gasteiger partial charge in [-0.3, -0.25) is 15.6 Å². The van der Waals surface area contributed by atoms with Crippen LogP contribution >= 0.6 is 23.2 Å². The van der Waals surface area contributed by atoms with Gasteiger partial charge in [0.2, 0.25) is 0 Å². The van der Waals surface area contributed by atoms with Crippen LogP contribution in [0.5, 0.6) is 5.75 Å². The predicted octanol–water partition coefficient (Wildman–Crippen LogP) is 3.87. The van der Waals surface area contributed by atoms with Crippen LogP contribution in [-0.2, 0) is 0 Å². The van der Waals surface area contributed by atoms with Crippen LogP contribution in [-0.4, -0.2) is 23.0 Å². The third-order valence-corrected chi connectivity index (χ3v) is 4.25. The molecule has 0 bridgehead atoms. The molecule has 0 saturated heterocycles. The van der Waals surface area contributed by atoms with E-state index in [1.165, 1.54) is 18.5 Å². The van der Waals surface area contributed by atoms with E-state index in [0.717, 1.165) is 11.4 Å². The fourth-order valence-electron chi connectivity index (χ4n) is 2.26. The molecule has 0 spiro atoms. The van der Waals surface area contributed by atoms with E-state index in [1.807, 2.05) is 12.1 Å². The molecule has 144 valence electrons. The van der Waals surface area contributed by atoms with Crippen molar-refractivity contribution in [1.82, 2.24) is 15.4 Å². The van der Waals surface area contributed by atoms with Gasteiger partial charge in [-0.2, -0.15) is 0 Å². The van der Waals surface area contributed by atoms with Crippen molar-refractivity contribution in [2.75, 3.05) is 23.6 Å². The number of anilines is 4. The number of hydrogen-bond donors (Lipinski definition) is 4. The van der Waals surface area contributed by atoms with Crippen LogP contribution in [0.4, 0.5) is 23.0 Å². The van der Waals surface area contributed by atoms with Gasteiger partial charge < -0.3 is 15.8 Å². The molecule has 2 aromatic carbocycles. The van der Waals surface area contributed by atoms with Gasteiger partial charge in [0.25, 0.3) is 5.91 Å². The quantitative estimate of drug-likeness (QED) is 0.449. The van der Waals surface area contributed by atoms with Crippen molar-refractivity contribution < 1.29 is 9.53 Å². The smallest absolute Gasteiger partial charge is 0.271 e. The molecular weight excluding hydrogens is 403 g/mol. The molecule has 1 aromatic heterocycles. The van der Waals surface area contributed by atoms with Crippen LogP contribution in [0, 0.1) is 0 Å². The first-order valence-electron chi connectivity index (χ1n) is 8.01. The van der Waals surface area contributed by atoms with Crippen molar-refractivity contribution in [3.63, 3.8) is 0 Å². The Kier molecular flexibility index (Phi) is 6.03. The largest absolute Gasteiger partial charge is 0.497 e. The topological polar surface area (TPSA) is 114 Å². The van der Waals surface area contributed by atoms with Crippen molar-refractivity contribution in [2.45, 2.75) is 0 Å². The van der Waals surface area contributed by atoms with E-state index in [2.05, 4.69) is 26.1 Å². The van der Waals surface area contributed by atoms with Crippen molar-refractivity contribution in [3.05, 3.63) is 64.4 Å². The first-order chi connectivity index (χ1) is 13.5.